The van der Waals surface area contributed by atoms with Crippen LogP contribution >= 0.6 is 22.7 Å². The summed E-state index contributed by atoms with van der Waals surface area (Å²) in [6.07, 6.45) is 8.74. The molecule has 408 valence electrons. The van der Waals surface area contributed by atoms with Gasteiger partial charge in [0.2, 0.25) is 17.7 Å². The number of rotatable bonds is 34. The number of thiazole rings is 2. The molecule has 25 nitrogen and oxygen atoms in total. The zero-order valence-corrected chi connectivity index (χ0v) is 43.6. The molecule has 1 unspecified atom stereocenters. The molecule has 0 saturated carbocycles. The number of benzene rings is 2. The predicted molar refractivity (Wildman–Crippen MR) is 281 cm³/mol. The van der Waals surface area contributed by atoms with Crippen LogP contribution in [0.4, 0.5) is 11.4 Å². The molecule has 4 aromatic heterocycles. The lowest BCUT2D eigenvalue weighted by Crippen LogP contribution is -2.48. The Kier molecular flexibility index (Phi) is 23.4. The average molecular weight is 1090 g/mol. The van der Waals surface area contributed by atoms with E-state index >= 15 is 0 Å². The van der Waals surface area contributed by atoms with Crippen molar-refractivity contribution in [3.8, 4) is 11.5 Å². The number of fused-ring (bicyclic) bond motifs is 2. The van der Waals surface area contributed by atoms with Gasteiger partial charge in [-0.15, -0.1) is 22.7 Å². The van der Waals surface area contributed by atoms with E-state index in [0.717, 1.165) is 0 Å². The van der Waals surface area contributed by atoms with Gasteiger partial charge in [-0.25, -0.2) is 9.97 Å². The Morgan fingerprint density at radius 3 is 1.58 bits per heavy atom. The van der Waals surface area contributed by atoms with Gasteiger partial charge in [0.05, 0.1) is 65.0 Å². The van der Waals surface area contributed by atoms with Crippen LogP contribution in [0.1, 0.15) is 67.4 Å². The highest BCUT2D eigenvalue weighted by Crippen LogP contribution is 2.25. The van der Waals surface area contributed by atoms with E-state index in [2.05, 4.69) is 47.2 Å². The summed E-state index contributed by atoms with van der Waals surface area (Å²) in [6, 6.07) is 8.58. The largest absolute Gasteiger partial charge is 0.496 e. The number of hydrogen-bond donors (Lipinski definition) is 8. The Balaban J connectivity index is 0.783. The minimum Gasteiger partial charge on any atom is -0.496 e. The first-order chi connectivity index (χ1) is 37.0. The number of nitrogens with one attached hydrogen (secondary N) is 7. The Morgan fingerprint density at radius 2 is 1.08 bits per heavy atom. The number of anilines is 2. The third-order valence-electron chi connectivity index (χ3n) is 10.9. The molecule has 76 heavy (non-hydrogen) atoms. The number of methoxy groups -OCH3 is 2. The fourth-order valence-electron chi connectivity index (χ4n) is 7.12. The maximum atomic E-state index is 13.0. The van der Waals surface area contributed by atoms with Crippen LogP contribution in [0, 0.1) is 0 Å². The summed E-state index contributed by atoms with van der Waals surface area (Å²) in [4.78, 5) is 99.5. The molecule has 0 bridgehead atoms. The summed E-state index contributed by atoms with van der Waals surface area (Å²) in [5.41, 5.74) is 7.25. The van der Waals surface area contributed by atoms with Gasteiger partial charge in [0.25, 0.3) is 23.6 Å². The van der Waals surface area contributed by atoms with Gasteiger partial charge in [-0.2, -0.15) is 0 Å². The number of nitrogens with zero attached hydrogens (tertiary/aromatic N) is 4. The minimum absolute atomic E-state index is 0.0701. The summed E-state index contributed by atoms with van der Waals surface area (Å²) >= 11 is 2.81. The quantitative estimate of drug-likeness (QED) is 0.0268. The van der Waals surface area contributed by atoms with Crippen molar-refractivity contribution in [2.75, 3.05) is 110 Å². The lowest BCUT2D eigenvalue weighted by Gasteiger charge is -2.18. The number of nitrogens with two attached hydrogens (primary N) is 1. The SMILES string of the molecule is COc1ccc(NC(=O)c2cn3ccsc3n2)cc1C(=O)NCCOCCOCC(=O)NCCCCC(NC(=O)COCCOCCNC(=O)c1cc(NC(=O)c2cn3ccsc3n2)ccc1OC)C(=O)NCCCN. The molecule has 9 N–H and O–H groups in total. The lowest BCUT2D eigenvalue weighted by molar-refractivity contribution is -0.132. The Labute approximate surface area is 444 Å². The molecular formula is C49H62N12O13S2. The zero-order chi connectivity index (χ0) is 54.1. The zero-order valence-electron chi connectivity index (χ0n) is 42.0. The van der Waals surface area contributed by atoms with Crippen LogP contribution in [-0.2, 0) is 33.3 Å². The van der Waals surface area contributed by atoms with Gasteiger partial charge in [-0.3, -0.25) is 42.4 Å². The lowest BCUT2D eigenvalue weighted by atomic mass is 10.1. The van der Waals surface area contributed by atoms with Gasteiger partial charge in [-0.05, 0) is 68.6 Å². The number of carbonyl (C=O) groups is 7. The third-order valence-corrected chi connectivity index (χ3v) is 12.4. The van der Waals surface area contributed by atoms with Crippen LogP contribution in [0.3, 0.4) is 0 Å². The highest BCUT2D eigenvalue weighted by atomic mass is 32.1. The van der Waals surface area contributed by atoms with E-state index < -0.39 is 35.6 Å². The van der Waals surface area contributed by atoms with Crippen LogP contribution in [0.25, 0.3) is 9.92 Å². The van der Waals surface area contributed by atoms with Crippen molar-refractivity contribution in [3.63, 3.8) is 0 Å². The monoisotopic (exact) mass is 1090 g/mol. The van der Waals surface area contributed by atoms with Crippen molar-refractivity contribution in [3.05, 3.63) is 94.5 Å². The van der Waals surface area contributed by atoms with E-state index in [0.29, 0.717) is 78.1 Å². The average Bonchev–Trinajstić information content (AvgIpc) is 4.24. The molecule has 0 aliphatic heterocycles. The first-order valence-corrected chi connectivity index (χ1v) is 26.0. The van der Waals surface area contributed by atoms with Crippen molar-refractivity contribution in [2.45, 2.75) is 31.7 Å². The number of aromatic nitrogens is 4. The third kappa shape index (κ3) is 18.1. The van der Waals surface area contributed by atoms with Crippen LogP contribution in [-0.4, -0.2) is 166 Å². The summed E-state index contributed by atoms with van der Waals surface area (Å²) in [5.74, 6) is -2.28. The highest BCUT2D eigenvalue weighted by molar-refractivity contribution is 7.15. The summed E-state index contributed by atoms with van der Waals surface area (Å²) in [7, 11) is 2.87. The van der Waals surface area contributed by atoms with Crippen LogP contribution < -0.4 is 52.4 Å². The van der Waals surface area contributed by atoms with Crippen molar-refractivity contribution in [1.82, 2.24) is 45.4 Å². The van der Waals surface area contributed by atoms with Gasteiger partial charge in [-0.1, -0.05) is 0 Å². The van der Waals surface area contributed by atoms with Crippen molar-refractivity contribution >= 4 is 85.3 Å². The van der Waals surface area contributed by atoms with Gasteiger partial charge in [0.15, 0.2) is 9.92 Å². The molecule has 4 heterocycles. The fourth-order valence-corrected chi connectivity index (χ4v) is 8.52. The van der Waals surface area contributed by atoms with E-state index in [-0.39, 0.29) is 100 Å². The molecule has 0 spiro atoms. The van der Waals surface area contributed by atoms with E-state index in [1.54, 1.807) is 57.9 Å². The normalized spacial score (nSPS) is 11.5. The topological polar surface area (TPSA) is 320 Å². The van der Waals surface area contributed by atoms with E-state index in [1.165, 1.54) is 49.0 Å². The standard InChI is InChI=1S/C49H62N12O13S2/c1-69-39-9-7-32(55-46(67)37-28-60-16-24-75-48(60)58-37)26-34(39)43(64)53-14-18-71-20-22-73-30-41(62)51-12-4-3-6-36(45(66)52-13-5-11-50)57-42(63)31-74-23-21-72-19-15-54-44(65)35-27-33(8-10-40(35)70-2)56-47(68)38-29-61-17-25-76-49(61)59-38/h7-10,16-17,24-29,36H,3-6,11-15,18-23,30-31,50H2,1-2H3,(H,51,62)(H,52,66)(H,53,64)(H,54,65)(H,55,67)(H,56,68)(H,57,63). The van der Waals surface area contributed by atoms with Crippen LogP contribution in [0.5, 0.6) is 11.5 Å². The van der Waals surface area contributed by atoms with E-state index in [1.807, 2.05) is 10.8 Å². The van der Waals surface area contributed by atoms with Crippen molar-refractivity contribution < 1.29 is 62.0 Å². The maximum Gasteiger partial charge on any atom is 0.275 e. The second-order valence-corrected chi connectivity index (χ2v) is 18.2. The first-order valence-electron chi connectivity index (χ1n) is 24.2. The Hall–Kier alpha value is -7.53. The molecule has 2 aromatic carbocycles. The van der Waals surface area contributed by atoms with Gasteiger partial charge in [0, 0.05) is 73.1 Å². The second kappa shape index (κ2) is 30.7. The molecule has 0 fully saturated rings. The molecule has 27 heteroatoms. The molecule has 7 amide bonds. The highest BCUT2D eigenvalue weighted by Gasteiger charge is 2.22. The number of amides is 7. The van der Waals surface area contributed by atoms with Crippen molar-refractivity contribution in [1.29, 1.82) is 0 Å². The summed E-state index contributed by atoms with van der Waals surface area (Å²) in [5, 5.41) is 23.0. The molecule has 0 aliphatic carbocycles. The van der Waals surface area contributed by atoms with Crippen molar-refractivity contribution in [2.24, 2.45) is 5.73 Å². The predicted octanol–water partition coefficient (Wildman–Crippen LogP) is 2.09. The molecule has 1 atom stereocenters. The number of hydrogen-bond acceptors (Lipinski definition) is 18. The molecule has 6 rings (SSSR count). The molecule has 0 radical (unpaired) electrons. The fraction of sp³-hybridized carbons (Fsp3) is 0.408. The molecule has 0 aliphatic rings. The number of carbonyl (C=O) groups excluding carboxylic acids is 7. The summed E-state index contributed by atoms with van der Waals surface area (Å²) in [6.45, 7) is 1.68. The first kappa shape index (κ1) is 57.7. The Bertz CT molecular complexity index is 2830. The van der Waals surface area contributed by atoms with Crippen LogP contribution in [0.15, 0.2) is 71.9 Å². The number of imidazole rings is 2. The number of unbranched alkanes of at least 4 members (excludes halogenated alkanes) is 1. The molecule has 6 aromatic rings. The van der Waals surface area contributed by atoms with E-state index in [9.17, 15) is 33.6 Å². The Morgan fingerprint density at radius 1 is 0.579 bits per heavy atom. The maximum absolute atomic E-state index is 13.0. The minimum atomic E-state index is -0.842. The van der Waals surface area contributed by atoms with Gasteiger partial charge < -0.3 is 71.4 Å². The van der Waals surface area contributed by atoms with Crippen LogP contribution in [0.2, 0.25) is 0 Å². The molecular weight excluding hydrogens is 1030 g/mol. The smallest absolute Gasteiger partial charge is 0.275 e. The van der Waals surface area contributed by atoms with E-state index in [4.69, 9.17) is 34.2 Å². The van der Waals surface area contributed by atoms with Gasteiger partial charge >= 0.3 is 0 Å². The molecule has 0 saturated heterocycles. The number of ether oxygens (including phenoxy) is 6. The second-order valence-electron chi connectivity index (χ2n) is 16.4. The summed E-state index contributed by atoms with van der Waals surface area (Å²) < 4.78 is 36.1. The van der Waals surface area contributed by atoms with Gasteiger partial charge in [0.1, 0.15) is 42.1 Å².